The molecule has 1 aromatic rings. The van der Waals surface area contributed by atoms with Gasteiger partial charge in [0.2, 0.25) is 0 Å². The maximum absolute atomic E-state index is 11.5. The van der Waals surface area contributed by atoms with E-state index in [0.29, 0.717) is 17.0 Å². The first-order valence-electron chi connectivity index (χ1n) is 5.00. The number of carbonyl (C=O) groups excluding carboxylic acids is 1. The molecule has 0 N–H and O–H groups in total. The van der Waals surface area contributed by atoms with E-state index < -0.39 is 15.3 Å². The normalized spacial score (nSPS) is 28.1. The van der Waals surface area contributed by atoms with E-state index in [9.17, 15) is 13.2 Å². The molecular weight excluding hydrogens is 246 g/mol. The minimum Gasteiger partial charge on any atom is -0.297 e. The second-order valence-corrected chi connectivity index (χ2v) is 7.70. The quantitative estimate of drug-likeness (QED) is 0.752. The molecule has 1 aliphatic heterocycles. The highest BCUT2D eigenvalue weighted by Crippen LogP contribution is 2.38. The third-order valence-corrected chi connectivity index (χ3v) is 6.25. The van der Waals surface area contributed by atoms with E-state index in [2.05, 4.69) is 4.98 Å². The van der Waals surface area contributed by atoms with Crippen molar-refractivity contribution in [3.05, 3.63) is 15.6 Å². The van der Waals surface area contributed by atoms with Crippen LogP contribution in [0.3, 0.4) is 0 Å². The second-order valence-electron chi connectivity index (χ2n) is 4.49. The van der Waals surface area contributed by atoms with Crippen molar-refractivity contribution in [1.29, 1.82) is 0 Å². The summed E-state index contributed by atoms with van der Waals surface area (Å²) < 4.78 is 23.0. The Bertz CT molecular complexity index is 532. The Morgan fingerprint density at radius 1 is 1.50 bits per heavy atom. The molecule has 2 heterocycles. The van der Waals surface area contributed by atoms with Gasteiger partial charge in [0, 0.05) is 5.41 Å². The van der Waals surface area contributed by atoms with Crippen LogP contribution in [0.2, 0.25) is 0 Å². The average Bonchev–Trinajstić information content (AvgIpc) is 2.68. The molecule has 0 bridgehead atoms. The van der Waals surface area contributed by atoms with Gasteiger partial charge in [-0.05, 0) is 13.3 Å². The number of aryl methyl sites for hydroxylation is 1. The van der Waals surface area contributed by atoms with Crippen LogP contribution in [0.5, 0.6) is 0 Å². The maximum atomic E-state index is 11.5. The van der Waals surface area contributed by atoms with Gasteiger partial charge in [-0.1, -0.05) is 6.92 Å². The van der Waals surface area contributed by atoms with Gasteiger partial charge in [-0.3, -0.25) is 4.79 Å². The van der Waals surface area contributed by atoms with E-state index in [1.165, 1.54) is 11.3 Å². The van der Waals surface area contributed by atoms with Gasteiger partial charge in [0.25, 0.3) is 0 Å². The van der Waals surface area contributed by atoms with Gasteiger partial charge < -0.3 is 0 Å². The minimum absolute atomic E-state index is 0.144. The third kappa shape index (κ3) is 1.91. The standard InChI is InChI=1S/C10H13NO3S2/c1-7-8(5-12)15-9(11-7)10(2)3-4-16(13,14)6-10/h5H,3-4,6H2,1-2H3. The number of hydrogen-bond donors (Lipinski definition) is 0. The Morgan fingerprint density at radius 3 is 2.62 bits per heavy atom. The molecule has 0 spiro atoms. The summed E-state index contributed by atoms with van der Waals surface area (Å²) in [5, 5.41) is 0.771. The Hall–Kier alpha value is -0.750. The summed E-state index contributed by atoms with van der Waals surface area (Å²) in [5.74, 6) is 0.365. The monoisotopic (exact) mass is 259 g/mol. The van der Waals surface area contributed by atoms with Gasteiger partial charge in [-0.25, -0.2) is 13.4 Å². The van der Waals surface area contributed by atoms with Crippen molar-refractivity contribution in [2.24, 2.45) is 0 Å². The van der Waals surface area contributed by atoms with Crippen molar-refractivity contribution in [1.82, 2.24) is 4.98 Å². The highest BCUT2D eigenvalue weighted by Gasteiger charge is 2.42. The van der Waals surface area contributed by atoms with Crippen LogP contribution in [0.15, 0.2) is 0 Å². The highest BCUT2D eigenvalue weighted by atomic mass is 32.2. The van der Waals surface area contributed by atoms with Crippen LogP contribution in [0.1, 0.15) is 33.7 Å². The average molecular weight is 259 g/mol. The van der Waals surface area contributed by atoms with Gasteiger partial charge in [0.05, 0.1) is 22.1 Å². The largest absolute Gasteiger partial charge is 0.297 e. The zero-order chi connectivity index (χ0) is 12.0. The summed E-state index contributed by atoms with van der Waals surface area (Å²) in [7, 11) is -2.93. The lowest BCUT2D eigenvalue weighted by Gasteiger charge is -2.17. The fourth-order valence-corrected chi connectivity index (χ4v) is 5.26. The van der Waals surface area contributed by atoms with E-state index in [-0.39, 0.29) is 11.5 Å². The van der Waals surface area contributed by atoms with Crippen LogP contribution < -0.4 is 0 Å². The molecule has 0 aliphatic carbocycles. The first-order valence-corrected chi connectivity index (χ1v) is 7.64. The first kappa shape index (κ1) is 11.7. The molecule has 1 fully saturated rings. The molecule has 1 unspecified atom stereocenters. The Morgan fingerprint density at radius 2 is 2.19 bits per heavy atom. The molecule has 1 saturated heterocycles. The van der Waals surface area contributed by atoms with E-state index in [1.54, 1.807) is 6.92 Å². The number of rotatable bonds is 2. The van der Waals surface area contributed by atoms with Gasteiger partial charge in [0.15, 0.2) is 16.1 Å². The van der Waals surface area contributed by atoms with Crippen molar-refractivity contribution in [3.8, 4) is 0 Å². The number of carbonyl (C=O) groups is 1. The summed E-state index contributed by atoms with van der Waals surface area (Å²) in [6.07, 6.45) is 1.38. The Balaban J connectivity index is 2.41. The van der Waals surface area contributed by atoms with Crippen molar-refractivity contribution < 1.29 is 13.2 Å². The number of hydrogen-bond acceptors (Lipinski definition) is 5. The molecule has 6 heteroatoms. The molecule has 2 rings (SSSR count). The Labute approximate surface area is 98.6 Å². The SMILES string of the molecule is Cc1nc(C2(C)CCS(=O)(=O)C2)sc1C=O. The number of sulfone groups is 1. The molecule has 4 nitrogen and oxygen atoms in total. The van der Waals surface area contributed by atoms with Crippen molar-refractivity contribution >= 4 is 27.5 Å². The summed E-state index contributed by atoms with van der Waals surface area (Å²) in [6.45, 7) is 3.68. The number of nitrogens with zero attached hydrogens (tertiary/aromatic N) is 1. The summed E-state index contributed by atoms with van der Waals surface area (Å²) >= 11 is 1.31. The van der Waals surface area contributed by atoms with Crippen LogP contribution >= 0.6 is 11.3 Å². The lowest BCUT2D eigenvalue weighted by molar-refractivity contribution is 0.112. The van der Waals surface area contributed by atoms with Gasteiger partial charge in [-0.2, -0.15) is 0 Å². The Kier molecular flexibility index (Phi) is 2.66. The van der Waals surface area contributed by atoms with E-state index in [0.717, 1.165) is 11.3 Å². The molecule has 0 radical (unpaired) electrons. The fraction of sp³-hybridized carbons (Fsp3) is 0.600. The molecule has 88 valence electrons. The third-order valence-electron chi connectivity index (χ3n) is 2.96. The van der Waals surface area contributed by atoms with Crippen molar-refractivity contribution in [2.45, 2.75) is 25.7 Å². The second kappa shape index (κ2) is 3.63. The number of aromatic nitrogens is 1. The molecule has 1 atom stereocenters. The predicted octanol–water partition coefficient (Wildman–Crippen LogP) is 1.34. The van der Waals surface area contributed by atoms with E-state index in [1.807, 2.05) is 6.92 Å². The van der Waals surface area contributed by atoms with Gasteiger partial charge in [-0.15, -0.1) is 11.3 Å². The molecule has 1 aromatic heterocycles. The first-order chi connectivity index (χ1) is 7.36. The van der Waals surface area contributed by atoms with Crippen LogP contribution in [0.25, 0.3) is 0 Å². The number of thiazole rings is 1. The zero-order valence-electron chi connectivity index (χ0n) is 9.19. The summed E-state index contributed by atoms with van der Waals surface area (Å²) in [5.41, 5.74) is 0.288. The molecule has 0 amide bonds. The summed E-state index contributed by atoms with van der Waals surface area (Å²) in [4.78, 5) is 15.7. The lowest BCUT2D eigenvalue weighted by atomic mass is 9.91. The predicted molar refractivity (Wildman–Crippen MR) is 62.9 cm³/mol. The highest BCUT2D eigenvalue weighted by molar-refractivity contribution is 7.91. The van der Waals surface area contributed by atoms with Crippen molar-refractivity contribution in [3.63, 3.8) is 0 Å². The van der Waals surface area contributed by atoms with E-state index in [4.69, 9.17) is 0 Å². The summed E-state index contributed by atoms with van der Waals surface area (Å²) in [6, 6.07) is 0. The van der Waals surface area contributed by atoms with Crippen LogP contribution in [-0.4, -0.2) is 31.2 Å². The van der Waals surface area contributed by atoms with Gasteiger partial charge >= 0.3 is 0 Å². The van der Waals surface area contributed by atoms with Crippen molar-refractivity contribution in [2.75, 3.05) is 11.5 Å². The fourth-order valence-electron chi connectivity index (χ4n) is 1.95. The molecule has 0 saturated carbocycles. The minimum atomic E-state index is -2.93. The van der Waals surface area contributed by atoms with Crippen LogP contribution in [-0.2, 0) is 15.3 Å². The topological polar surface area (TPSA) is 64.1 Å². The molecule has 16 heavy (non-hydrogen) atoms. The molecule has 0 aromatic carbocycles. The molecule has 1 aliphatic rings. The zero-order valence-corrected chi connectivity index (χ0v) is 10.8. The maximum Gasteiger partial charge on any atom is 0.161 e. The lowest BCUT2D eigenvalue weighted by Crippen LogP contribution is -2.23. The van der Waals surface area contributed by atoms with Crippen LogP contribution in [0, 0.1) is 6.92 Å². The number of aldehydes is 1. The van der Waals surface area contributed by atoms with Crippen LogP contribution in [0.4, 0.5) is 0 Å². The van der Waals surface area contributed by atoms with Gasteiger partial charge in [0.1, 0.15) is 5.01 Å². The smallest absolute Gasteiger partial charge is 0.161 e. The molecular formula is C10H13NO3S2. The van der Waals surface area contributed by atoms with E-state index >= 15 is 0 Å².